The third kappa shape index (κ3) is 6.97. The normalized spacial score (nSPS) is 12.8. The molecule has 1 spiro atoms. The predicted molar refractivity (Wildman–Crippen MR) is 353 cm³/mol. The lowest BCUT2D eigenvalue weighted by Gasteiger charge is -2.33. The first-order chi connectivity index (χ1) is 42.2. The van der Waals surface area contributed by atoms with E-state index >= 15 is 0 Å². The maximum atomic E-state index is 6.84. The number of nitrogens with zero attached hydrogens (tertiary/aromatic N) is 2. The second kappa shape index (κ2) is 18.4. The first-order valence-electron chi connectivity index (χ1n) is 29.2. The van der Waals surface area contributed by atoms with Crippen LogP contribution in [-0.4, -0.2) is 0 Å². The standard InChI is InChI=1S/C81H50N2O2/c1-3-19-51(20-4-1)53-23-15-25-57(47-53)82(73-35-17-31-69-65-29-9-13-37-75(65)84-79(69)73)59-41-45-61-55(49-59)39-43-67-68-44-40-56-50-60(42-46-62(56)78(68)81(77(61)67)71-33-11-7-27-63(71)64-28-8-12-34-72(64)81)83(58-26-16-24-54(48-58)52-21-5-2-6-22-52)74-36-18-32-70-66-30-10-14-38-76(66)85-80(70)74/h1-50H. The number of fused-ring (bicyclic) bond motifs is 20. The van der Waals surface area contributed by atoms with Gasteiger partial charge >= 0.3 is 0 Å². The van der Waals surface area contributed by atoms with E-state index in [1.807, 2.05) is 12.1 Å². The number of hydrogen-bond donors (Lipinski definition) is 0. The molecule has 14 aromatic carbocycles. The average molecular weight is 1080 g/mol. The zero-order valence-electron chi connectivity index (χ0n) is 46.1. The molecule has 0 radical (unpaired) electrons. The molecule has 4 nitrogen and oxygen atoms in total. The summed E-state index contributed by atoms with van der Waals surface area (Å²) in [4.78, 5) is 4.77. The molecule has 0 bridgehead atoms. The minimum absolute atomic E-state index is 0.646. The SMILES string of the molecule is c1ccc(-c2cccc(N(c3ccc4c5c(ccc4c3)-c3ccc4cc(N(c6cccc(-c7ccccc7)c6)c6cccc7c6oc6ccccc67)ccc4c3C53c4ccccc4-c4ccccc43)c3cccc4c3oc3ccccc34)c2)cc1. The Labute approximate surface area is 490 Å². The van der Waals surface area contributed by atoms with Crippen LogP contribution in [-0.2, 0) is 5.41 Å². The third-order valence-electron chi connectivity index (χ3n) is 18.2. The fraction of sp³-hybridized carbons (Fsp3) is 0.0123. The Hall–Kier alpha value is -11.2. The molecular formula is C81H50N2O2. The number of hydrogen-bond acceptors (Lipinski definition) is 4. The molecule has 0 fully saturated rings. The van der Waals surface area contributed by atoms with Crippen molar-refractivity contribution in [2.45, 2.75) is 5.41 Å². The van der Waals surface area contributed by atoms with E-state index in [1.54, 1.807) is 0 Å². The Bertz CT molecular complexity index is 5060. The summed E-state index contributed by atoms with van der Waals surface area (Å²) in [7, 11) is 0. The highest BCUT2D eigenvalue weighted by Crippen LogP contribution is 2.66. The number of benzene rings is 14. The fourth-order valence-corrected chi connectivity index (χ4v) is 14.6. The third-order valence-corrected chi connectivity index (χ3v) is 18.2. The molecule has 2 aliphatic carbocycles. The molecule has 2 heterocycles. The molecule has 2 aliphatic rings. The van der Waals surface area contributed by atoms with E-state index in [0.717, 1.165) is 111 Å². The van der Waals surface area contributed by atoms with Crippen LogP contribution >= 0.6 is 0 Å². The Morgan fingerprint density at radius 2 is 0.635 bits per heavy atom. The van der Waals surface area contributed by atoms with Crippen LogP contribution in [0.4, 0.5) is 34.1 Å². The van der Waals surface area contributed by atoms with Crippen molar-refractivity contribution < 1.29 is 8.83 Å². The number of para-hydroxylation sites is 4. The van der Waals surface area contributed by atoms with E-state index in [4.69, 9.17) is 8.83 Å². The first kappa shape index (κ1) is 47.4. The van der Waals surface area contributed by atoms with E-state index in [1.165, 1.54) is 55.3 Å². The minimum Gasteiger partial charge on any atom is -0.454 e. The number of rotatable bonds is 8. The summed E-state index contributed by atoms with van der Waals surface area (Å²) >= 11 is 0. The summed E-state index contributed by atoms with van der Waals surface area (Å²) in [5.74, 6) is 0. The molecule has 0 unspecified atom stereocenters. The molecule has 0 amide bonds. The zero-order valence-corrected chi connectivity index (χ0v) is 46.1. The average Bonchev–Trinajstić information content (AvgIpc) is 2.41. The number of anilines is 6. The summed E-state index contributed by atoms with van der Waals surface area (Å²) in [6.07, 6.45) is 0. The maximum Gasteiger partial charge on any atom is 0.159 e. The van der Waals surface area contributed by atoms with Crippen LogP contribution in [0.25, 0.3) is 110 Å². The van der Waals surface area contributed by atoms with Crippen LogP contribution in [0.1, 0.15) is 22.3 Å². The van der Waals surface area contributed by atoms with Gasteiger partial charge in [0.15, 0.2) is 11.2 Å². The maximum absolute atomic E-state index is 6.84. The van der Waals surface area contributed by atoms with Gasteiger partial charge in [0.1, 0.15) is 11.2 Å². The van der Waals surface area contributed by atoms with Gasteiger partial charge in [-0.25, -0.2) is 0 Å². The molecule has 16 aromatic rings. The summed E-state index contributed by atoms with van der Waals surface area (Å²) in [5.41, 5.74) is 23.8. The molecule has 4 heteroatoms. The summed E-state index contributed by atoms with van der Waals surface area (Å²) < 4.78 is 13.7. The Morgan fingerprint density at radius 1 is 0.247 bits per heavy atom. The van der Waals surface area contributed by atoms with Gasteiger partial charge in [-0.1, -0.05) is 231 Å². The van der Waals surface area contributed by atoms with Gasteiger partial charge in [0.05, 0.1) is 16.8 Å². The largest absolute Gasteiger partial charge is 0.454 e. The molecule has 0 atom stereocenters. The van der Waals surface area contributed by atoms with Gasteiger partial charge in [-0.3, -0.25) is 0 Å². The van der Waals surface area contributed by atoms with Crippen LogP contribution in [0.15, 0.2) is 312 Å². The summed E-state index contributed by atoms with van der Waals surface area (Å²) in [6.45, 7) is 0. The van der Waals surface area contributed by atoms with E-state index < -0.39 is 5.41 Å². The predicted octanol–water partition coefficient (Wildman–Crippen LogP) is 22.4. The summed E-state index contributed by atoms with van der Waals surface area (Å²) in [6, 6.07) is 111. The van der Waals surface area contributed by atoms with Gasteiger partial charge in [0, 0.05) is 44.3 Å². The second-order valence-electron chi connectivity index (χ2n) is 22.6. The van der Waals surface area contributed by atoms with Crippen molar-refractivity contribution in [3.8, 4) is 44.5 Å². The van der Waals surface area contributed by atoms with E-state index in [-0.39, 0.29) is 0 Å². The minimum atomic E-state index is -0.646. The molecule has 18 rings (SSSR count). The molecule has 85 heavy (non-hydrogen) atoms. The molecule has 0 aliphatic heterocycles. The van der Waals surface area contributed by atoms with Gasteiger partial charge in [0.2, 0.25) is 0 Å². The fourth-order valence-electron chi connectivity index (χ4n) is 14.6. The van der Waals surface area contributed by atoms with E-state index in [2.05, 4.69) is 301 Å². The van der Waals surface area contributed by atoms with Gasteiger partial charge in [-0.05, 0) is 161 Å². The molecule has 2 aromatic heterocycles. The van der Waals surface area contributed by atoms with Gasteiger partial charge in [-0.2, -0.15) is 0 Å². The van der Waals surface area contributed by atoms with Crippen molar-refractivity contribution in [2.24, 2.45) is 0 Å². The van der Waals surface area contributed by atoms with Gasteiger partial charge < -0.3 is 18.6 Å². The highest BCUT2D eigenvalue weighted by atomic mass is 16.3. The quantitative estimate of drug-likeness (QED) is 0.152. The zero-order chi connectivity index (χ0) is 55.7. The van der Waals surface area contributed by atoms with Crippen LogP contribution in [0.2, 0.25) is 0 Å². The van der Waals surface area contributed by atoms with Crippen LogP contribution in [0, 0.1) is 0 Å². The topological polar surface area (TPSA) is 32.8 Å². The smallest absolute Gasteiger partial charge is 0.159 e. The Morgan fingerprint density at radius 3 is 1.12 bits per heavy atom. The van der Waals surface area contributed by atoms with E-state index in [9.17, 15) is 0 Å². The lowest BCUT2D eigenvalue weighted by atomic mass is 9.68. The van der Waals surface area contributed by atoms with Crippen molar-refractivity contribution in [3.63, 3.8) is 0 Å². The van der Waals surface area contributed by atoms with Crippen LogP contribution < -0.4 is 9.80 Å². The molecular weight excluding hydrogens is 1030 g/mol. The summed E-state index contributed by atoms with van der Waals surface area (Å²) in [5, 5.41) is 9.13. The number of furan rings is 2. The highest BCUT2D eigenvalue weighted by Gasteiger charge is 2.53. The van der Waals surface area contributed by atoms with Gasteiger partial charge in [-0.15, -0.1) is 0 Å². The van der Waals surface area contributed by atoms with Crippen molar-refractivity contribution in [2.75, 3.05) is 9.80 Å². The van der Waals surface area contributed by atoms with Crippen molar-refractivity contribution in [1.29, 1.82) is 0 Å². The second-order valence-corrected chi connectivity index (χ2v) is 22.6. The van der Waals surface area contributed by atoms with E-state index in [0.29, 0.717) is 0 Å². The Kier molecular flexibility index (Phi) is 10.3. The highest BCUT2D eigenvalue weighted by molar-refractivity contribution is 6.14. The lowest BCUT2D eigenvalue weighted by Crippen LogP contribution is -2.26. The molecule has 396 valence electrons. The van der Waals surface area contributed by atoms with Crippen molar-refractivity contribution in [1.82, 2.24) is 0 Å². The molecule has 0 N–H and O–H groups in total. The van der Waals surface area contributed by atoms with Crippen LogP contribution in [0.5, 0.6) is 0 Å². The molecule has 0 saturated carbocycles. The first-order valence-corrected chi connectivity index (χ1v) is 29.2. The van der Waals surface area contributed by atoms with Crippen molar-refractivity contribution in [3.05, 3.63) is 326 Å². The monoisotopic (exact) mass is 1080 g/mol. The Balaban J connectivity index is 0.856. The molecule has 0 saturated heterocycles. The van der Waals surface area contributed by atoms with Crippen molar-refractivity contribution >= 4 is 99.5 Å². The van der Waals surface area contributed by atoms with Gasteiger partial charge in [0.25, 0.3) is 0 Å². The van der Waals surface area contributed by atoms with Crippen LogP contribution in [0.3, 0.4) is 0 Å². The lowest BCUT2D eigenvalue weighted by molar-refractivity contribution is 0.668.